The van der Waals surface area contributed by atoms with E-state index in [1.165, 1.54) is 11.1 Å². The minimum Gasteiger partial charge on any atom is -0.497 e. The summed E-state index contributed by atoms with van der Waals surface area (Å²) in [5.41, 5.74) is 9.53. The molecule has 2 N–H and O–H groups in total. The minimum atomic E-state index is 0.169. The molecule has 0 aliphatic carbocycles. The number of nitrogens with zero attached hydrogens (tertiary/aromatic N) is 2. The number of nitrogen functional groups attached to an aromatic ring is 1. The van der Waals surface area contributed by atoms with Crippen molar-refractivity contribution >= 4 is 16.7 Å². The van der Waals surface area contributed by atoms with Crippen molar-refractivity contribution in [3.63, 3.8) is 0 Å². The molecule has 0 bridgehead atoms. The second kappa shape index (κ2) is 7.46. The summed E-state index contributed by atoms with van der Waals surface area (Å²) in [6, 6.07) is 26.6. The Morgan fingerprint density at radius 2 is 1.48 bits per heavy atom. The normalized spacial score (nSPS) is 11.0. The third-order valence-electron chi connectivity index (χ3n) is 4.77. The molecule has 0 radical (unpaired) electrons. The van der Waals surface area contributed by atoms with Gasteiger partial charge in [0.2, 0.25) is 0 Å². The second-order valence-corrected chi connectivity index (χ2v) is 6.49. The number of hydrogen-bond acceptors (Lipinski definition) is 4. The zero-order valence-corrected chi connectivity index (χ0v) is 15.2. The molecule has 27 heavy (non-hydrogen) atoms. The summed E-state index contributed by atoms with van der Waals surface area (Å²) in [5.74, 6) is 2.14. The average molecular weight is 355 g/mol. The summed E-state index contributed by atoms with van der Waals surface area (Å²) in [7, 11) is 1.64. The van der Waals surface area contributed by atoms with Gasteiger partial charge in [-0.3, -0.25) is 0 Å². The van der Waals surface area contributed by atoms with Crippen molar-refractivity contribution in [3.8, 4) is 5.75 Å². The van der Waals surface area contributed by atoms with Crippen LogP contribution < -0.4 is 10.5 Å². The Hall–Kier alpha value is -3.40. The van der Waals surface area contributed by atoms with Crippen LogP contribution in [0.1, 0.15) is 22.9 Å². The highest BCUT2D eigenvalue weighted by molar-refractivity contribution is 5.89. The molecular weight excluding hydrogens is 334 g/mol. The zero-order chi connectivity index (χ0) is 18.6. The van der Waals surface area contributed by atoms with E-state index in [-0.39, 0.29) is 5.92 Å². The van der Waals surface area contributed by atoms with Gasteiger partial charge < -0.3 is 10.5 Å². The average Bonchev–Trinajstić information content (AvgIpc) is 2.73. The molecule has 0 unspecified atom stereocenters. The van der Waals surface area contributed by atoms with E-state index < -0.39 is 0 Å². The van der Waals surface area contributed by atoms with Gasteiger partial charge in [0.1, 0.15) is 17.4 Å². The Labute approximate surface area is 158 Å². The highest BCUT2D eigenvalue weighted by Crippen LogP contribution is 2.29. The molecule has 1 heterocycles. The predicted octanol–water partition coefficient (Wildman–Crippen LogP) is 4.60. The van der Waals surface area contributed by atoms with E-state index in [2.05, 4.69) is 53.5 Å². The van der Waals surface area contributed by atoms with E-state index in [9.17, 15) is 0 Å². The smallest absolute Gasteiger partial charge is 0.135 e. The molecular formula is C23H21N3O. The monoisotopic (exact) mass is 355 g/mol. The Balaban J connectivity index is 1.75. The molecule has 0 atom stereocenters. The zero-order valence-electron chi connectivity index (χ0n) is 15.2. The van der Waals surface area contributed by atoms with Crippen LogP contribution in [0, 0.1) is 0 Å². The molecule has 4 rings (SSSR count). The lowest BCUT2D eigenvalue weighted by atomic mass is 9.88. The number of methoxy groups -OCH3 is 1. The summed E-state index contributed by atoms with van der Waals surface area (Å²) < 4.78 is 5.28. The van der Waals surface area contributed by atoms with Gasteiger partial charge in [-0.05, 0) is 29.3 Å². The number of ether oxygens (including phenoxy) is 1. The van der Waals surface area contributed by atoms with E-state index in [1.807, 2.05) is 30.3 Å². The Morgan fingerprint density at radius 3 is 2.07 bits per heavy atom. The van der Waals surface area contributed by atoms with Gasteiger partial charge in [0, 0.05) is 17.7 Å². The lowest BCUT2D eigenvalue weighted by Crippen LogP contribution is -2.09. The quantitative estimate of drug-likeness (QED) is 0.568. The van der Waals surface area contributed by atoms with Crippen molar-refractivity contribution in [2.24, 2.45) is 0 Å². The summed E-state index contributed by atoms with van der Waals surface area (Å²) in [6.45, 7) is 0. The van der Waals surface area contributed by atoms with E-state index in [4.69, 9.17) is 15.5 Å². The summed E-state index contributed by atoms with van der Waals surface area (Å²) in [6.07, 6.45) is 0.681. The Kier molecular flexibility index (Phi) is 4.71. The van der Waals surface area contributed by atoms with Crippen LogP contribution in [-0.2, 0) is 6.42 Å². The molecule has 1 aromatic heterocycles. The van der Waals surface area contributed by atoms with Crippen molar-refractivity contribution in [2.75, 3.05) is 12.8 Å². The molecule has 0 spiro atoms. The van der Waals surface area contributed by atoms with Gasteiger partial charge in [-0.2, -0.15) is 0 Å². The van der Waals surface area contributed by atoms with Crippen LogP contribution in [0.4, 0.5) is 5.82 Å². The standard InChI is InChI=1S/C23H21N3O/c1-27-18-12-13-21-20(14-18)23(24)26-22(25-21)15-19(16-8-4-2-5-9-16)17-10-6-3-7-11-17/h2-14,19H,15H2,1H3,(H2,24,25,26). The first-order chi connectivity index (χ1) is 13.2. The van der Waals surface area contributed by atoms with Gasteiger partial charge in [-0.1, -0.05) is 60.7 Å². The third-order valence-corrected chi connectivity index (χ3v) is 4.77. The first kappa shape index (κ1) is 17.0. The Morgan fingerprint density at radius 1 is 0.852 bits per heavy atom. The first-order valence-corrected chi connectivity index (χ1v) is 8.94. The lowest BCUT2D eigenvalue weighted by Gasteiger charge is -2.18. The number of aromatic nitrogens is 2. The van der Waals surface area contributed by atoms with Crippen LogP contribution in [0.3, 0.4) is 0 Å². The molecule has 0 saturated heterocycles. The van der Waals surface area contributed by atoms with Crippen molar-refractivity contribution < 1.29 is 4.74 Å². The Bertz CT molecular complexity index is 1010. The maximum Gasteiger partial charge on any atom is 0.135 e. The molecule has 4 heteroatoms. The maximum absolute atomic E-state index is 6.23. The molecule has 0 aliphatic heterocycles. The van der Waals surface area contributed by atoms with Crippen molar-refractivity contribution in [2.45, 2.75) is 12.3 Å². The number of benzene rings is 3. The number of nitrogens with two attached hydrogens (primary N) is 1. The van der Waals surface area contributed by atoms with Crippen molar-refractivity contribution in [3.05, 3.63) is 95.8 Å². The minimum absolute atomic E-state index is 0.169. The van der Waals surface area contributed by atoms with Crippen LogP contribution >= 0.6 is 0 Å². The van der Waals surface area contributed by atoms with Crippen LogP contribution in [0.25, 0.3) is 10.9 Å². The van der Waals surface area contributed by atoms with Gasteiger partial charge in [-0.15, -0.1) is 0 Å². The van der Waals surface area contributed by atoms with Crippen LogP contribution in [0.5, 0.6) is 5.75 Å². The third kappa shape index (κ3) is 3.60. The predicted molar refractivity (Wildman–Crippen MR) is 109 cm³/mol. The van der Waals surface area contributed by atoms with E-state index in [0.29, 0.717) is 12.2 Å². The molecule has 4 nitrogen and oxygen atoms in total. The lowest BCUT2D eigenvalue weighted by molar-refractivity contribution is 0.415. The molecule has 3 aromatic carbocycles. The van der Waals surface area contributed by atoms with E-state index in [0.717, 1.165) is 22.5 Å². The van der Waals surface area contributed by atoms with Gasteiger partial charge >= 0.3 is 0 Å². The molecule has 0 aliphatic rings. The topological polar surface area (TPSA) is 61.0 Å². The van der Waals surface area contributed by atoms with Crippen LogP contribution in [-0.4, -0.2) is 17.1 Å². The molecule has 0 fully saturated rings. The van der Waals surface area contributed by atoms with Crippen molar-refractivity contribution in [1.82, 2.24) is 9.97 Å². The molecule has 4 aromatic rings. The van der Waals surface area contributed by atoms with Gasteiger partial charge in [0.25, 0.3) is 0 Å². The fourth-order valence-electron chi connectivity index (χ4n) is 3.38. The van der Waals surface area contributed by atoms with Crippen molar-refractivity contribution in [1.29, 1.82) is 0 Å². The SMILES string of the molecule is COc1ccc2nc(CC(c3ccccc3)c3ccccc3)nc(N)c2c1. The second-order valence-electron chi connectivity index (χ2n) is 6.49. The fourth-order valence-corrected chi connectivity index (χ4v) is 3.38. The van der Waals surface area contributed by atoms with E-state index in [1.54, 1.807) is 7.11 Å². The summed E-state index contributed by atoms with van der Waals surface area (Å²) >= 11 is 0. The molecule has 0 saturated carbocycles. The number of fused-ring (bicyclic) bond motifs is 1. The molecule has 134 valence electrons. The first-order valence-electron chi connectivity index (χ1n) is 8.94. The highest BCUT2D eigenvalue weighted by atomic mass is 16.5. The van der Waals surface area contributed by atoms with Crippen LogP contribution in [0.2, 0.25) is 0 Å². The van der Waals surface area contributed by atoms with Gasteiger partial charge in [0.15, 0.2) is 0 Å². The largest absolute Gasteiger partial charge is 0.497 e. The summed E-state index contributed by atoms with van der Waals surface area (Å²) in [4.78, 5) is 9.33. The highest BCUT2D eigenvalue weighted by Gasteiger charge is 2.17. The fraction of sp³-hybridized carbons (Fsp3) is 0.130. The number of rotatable bonds is 5. The number of hydrogen-bond donors (Lipinski definition) is 1. The molecule has 0 amide bonds. The maximum atomic E-state index is 6.23. The van der Waals surface area contributed by atoms with Gasteiger partial charge in [0.05, 0.1) is 12.6 Å². The van der Waals surface area contributed by atoms with Gasteiger partial charge in [-0.25, -0.2) is 9.97 Å². The number of anilines is 1. The van der Waals surface area contributed by atoms with E-state index >= 15 is 0 Å². The summed E-state index contributed by atoms with van der Waals surface area (Å²) in [5, 5.41) is 0.814. The van der Waals surface area contributed by atoms with Crippen LogP contribution in [0.15, 0.2) is 78.9 Å².